The zero-order valence-electron chi connectivity index (χ0n) is 14.2. The first kappa shape index (κ1) is 17.2. The molecule has 0 radical (unpaired) electrons. The number of nitrogens with zero attached hydrogens (tertiary/aromatic N) is 4. The Morgan fingerprint density at radius 3 is 2.88 bits per heavy atom. The molecule has 1 N–H and O–H groups in total. The second-order valence-corrected chi connectivity index (χ2v) is 6.09. The molecule has 0 unspecified atom stereocenters. The normalized spacial score (nSPS) is 10.9. The van der Waals surface area contributed by atoms with Crippen LogP contribution in [0.5, 0.6) is 5.75 Å². The fraction of sp³-hybridized carbons (Fsp3) is 0.294. The number of fused-ring (bicyclic) bond motifs is 1. The Morgan fingerprint density at radius 2 is 2.16 bits per heavy atom. The summed E-state index contributed by atoms with van der Waals surface area (Å²) in [5.74, 6) is 0.472. The van der Waals surface area contributed by atoms with Gasteiger partial charge in [0, 0.05) is 17.7 Å². The van der Waals surface area contributed by atoms with E-state index < -0.39 is 0 Å². The van der Waals surface area contributed by atoms with Gasteiger partial charge in [-0.2, -0.15) is 5.10 Å². The maximum atomic E-state index is 12.2. The van der Waals surface area contributed by atoms with Gasteiger partial charge in [-0.15, -0.1) is 10.2 Å². The van der Waals surface area contributed by atoms with Gasteiger partial charge in [0.15, 0.2) is 5.65 Å². The number of anilines is 1. The van der Waals surface area contributed by atoms with Crippen LogP contribution in [0.2, 0.25) is 5.02 Å². The summed E-state index contributed by atoms with van der Waals surface area (Å²) in [5, 5.41) is 15.6. The van der Waals surface area contributed by atoms with Crippen molar-refractivity contribution in [3.05, 3.63) is 46.4 Å². The lowest BCUT2D eigenvalue weighted by molar-refractivity contribution is -0.116. The molecule has 0 atom stereocenters. The van der Waals surface area contributed by atoms with Crippen LogP contribution in [-0.4, -0.2) is 32.8 Å². The maximum absolute atomic E-state index is 12.2. The number of ether oxygens (including phenoxy) is 1. The summed E-state index contributed by atoms with van der Waals surface area (Å²) < 4.78 is 6.75. The molecule has 130 valence electrons. The number of aryl methyl sites for hydroxylation is 2. The number of rotatable bonds is 5. The minimum absolute atomic E-state index is 0.0960. The molecule has 0 aliphatic heterocycles. The van der Waals surface area contributed by atoms with Crippen LogP contribution in [0.1, 0.15) is 23.2 Å². The lowest BCUT2D eigenvalue weighted by Crippen LogP contribution is -2.14. The largest absolute Gasteiger partial charge is 0.495 e. The summed E-state index contributed by atoms with van der Waals surface area (Å²) in [6, 6.07) is 5.14. The highest BCUT2D eigenvalue weighted by Gasteiger charge is 2.13. The number of methoxy groups -OCH3 is 1. The van der Waals surface area contributed by atoms with E-state index in [0.717, 1.165) is 16.8 Å². The molecular formula is C17H18ClN5O2. The van der Waals surface area contributed by atoms with Crippen LogP contribution >= 0.6 is 11.6 Å². The van der Waals surface area contributed by atoms with Crippen molar-refractivity contribution >= 4 is 28.8 Å². The van der Waals surface area contributed by atoms with E-state index in [0.29, 0.717) is 34.9 Å². The smallest absolute Gasteiger partial charge is 0.224 e. The first-order chi connectivity index (χ1) is 12.0. The summed E-state index contributed by atoms with van der Waals surface area (Å²) in [4.78, 5) is 12.2. The molecule has 7 nitrogen and oxygen atoms in total. The molecule has 3 rings (SSSR count). The minimum atomic E-state index is -0.0960. The Kier molecular flexibility index (Phi) is 4.85. The summed E-state index contributed by atoms with van der Waals surface area (Å²) in [6.07, 6.45) is 2.47. The predicted molar refractivity (Wildman–Crippen MR) is 95.2 cm³/mol. The molecule has 1 aromatic carbocycles. The van der Waals surface area contributed by atoms with Crippen molar-refractivity contribution in [1.29, 1.82) is 0 Å². The number of benzene rings is 1. The predicted octanol–water partition coefficient (Wildman–Crippen LogP) is 2.97. The van der Waals surface area contributed by atoms with Crippen LogP contribution in [0.25, 0.3) is 5.65 Å². The second-order valence-electron chi connectivity index (χ2n) is 5.69. The molecule has 2 aromatic heterocycles. The number of halogens is 1. The van der Waals surface area contributed by atoms with Crippen LogP contribution < -0.4 is 10.1 Å². The highest BCUT2D eigenvalue weighted by atomic mass is 35.5. The van der Waals surface area contributed by atoms with Crippen LogP contribution in [0.3, 0.4) is 0 Å². The molecule has 25 heavy (non-hydrogen) atoms. The Morgan fingerprint density at radius 1 is 1.36 bits per heavy atom. The van der Waals surface area contributed by atoms with Crippen LogP contribution in [0.15, 0.2) is 24.5 Å². The van der Waals surface area contributed by atoms with Gasteiger partial charge in [0.1, 0.15) is 12.1 Å². The summed E-state index contributed by atoms with van der Waals surface area (Å²) in [5.41, 5.74) is 4.22. The molecule has 3 aromatic rings. The van der Waals surface area contributed by atoms with Gasteiger partial charge in [0.25, 0.3) is 0 Å². The van der Waals surface area contributed by atoms with Gasteiger partial charge < -0.3 is 10.1 Å². The minimum Gasteiger partial charge on any atom is -0.495 e. The standard InChI is InChI=1S/C17H18ClN5O2/c1-10-13(11(2)22-23-9-19-21-17(10)23)5-7-16(24)20-12-4-6-15(25-3)14(18)8-12/h4,6,8-9H,5,7H2,1-3H3,(H,20,24). The fourth-order valence-electron chi connectivity index (χ4n) is 2.75. The number of amides is 1. The van der Waals surface area contributed by atoms with E-state index in [2.05, 4.69) is 20.6 Å². The Labute approximate surface area is 150 Å². The molecule has 2 heterocycles. The van der Waals surface area contributed by atoms with Crippen molar-refractivity contribution in [2.45, 2.75) is 26.7 Å². The average Bonchev–Trinajstić information content (AvgIpc) is 3.03. The Bertz CT molecular complexity index is 938. The summed E-state index contributed by atoms with van der Waals surface area (Å²) >= 11 is 6.07. The third-order valence-corrected chi connectivity index (χ3v) is 4.35. The molecule has 0 aliphatic carbocycles. The molecule has 1 amide bonds. The van der Waals surface area contributed by atoms with Crippen molar-refractivity contribution in [2.24, 2.45) is 0 Å². The maximum Gasteiger partial charge on any atom is 0.224 e. The van der Waals surface area contributed by atoms with Gasteiger partial charge in [-0.05, 0) is 44.0 Å². The first-order valence-corrected chi connectivity index (χ1v) is 8.17. The van der Waals surface area contributed by atoms with Crippen LogP contribution in [0, 0.1) is 13.8 Å². The monoisotopic (exact) mass is 359 g/mol. The molecule has 0 spiro atoms. The number of hydrogen-bond donors (Lipinski definition) is 1. The van der Waals surface area contributed by atoms with Gasteiger partial charge in [0.05, 0.1) is 17.8 Å². The quantitative estimate of drug-likeness (QED) is 0.757. The third kappa shape index (κ3) is 3.56. The van der Waals surface area contributed by atoms with Crippen molar-refractivity contribution < 1.29 is 9.53 Å². The molecule has 0 fully saturated rings. The van der Waals surface area contributed by atoms with Gasteiger partial charge in [-0.1, -0.05) is 11.6 Å². The number of hydrogen-bond acceptors (Lipinski definition) is 5. The molecule has 8 heteroatoms. The van der Waals surface area contributed by atoms with Gasteiger partial charge >= 0.3 is 0 Å². The Balaban J connectivity index is 1.69. The van der Waals surface area contributed by atoms with Crippen molar-refractivity contribution in [3.8, 4) is 5.75 Å². The molecule has 0 aliphatic rings. The number of carbonyl (C=O) groups excluding carboxylic acids is 1. The number of nitrogens with one attached hydrogen (secondary N) is 1. The van der Waals surface area contributed by atoms with E-state index in [-0.39, 0.29) is 5.91 Å². The Hall–Kier alpha value is -2.67. The van der Waals surface area contributed by atoms with Crippen LogP contribution in [0.4, 0.5) is 5.69 Å². The summed E-state index contributed by atoms with van der Waals surface area (Å²) in [6.45, 7) is 3.89. The van der Waals surface area contributed by atoms with E-state index in [1.165, 1.54) is 0 Å². The van der Waals surface area contributed by atoms with E-state index >= 15 is 0 Å². The molecule has 0 saturated carbocycles. The van der Waals surface area contributed by atoms with E-state index in [4.69, 9.17) is 16.3 Å². The third-order valence-electron chi connectivity index (χ3n) is 4.05. The highest BCUT2D eigenvalue weighted by Crippen LogP contribution is 2.27. The lowest BCUT2D eigenvalue weighted by atomic mass is 10.0. The van der Waals surface area contributed by atoms with Gasteiger partial charge in [-0.3, -0.25) is 4.79 Å². The van der Waals surface area contributed by atoms with Crippen molar-refractivity contribution in [3.63, 3.8) is 0 Å². The molecule has 0 bridgehead atoms. The lowest BCUT2D eigenvalue weighted by Gasteiger charge is -2.11. The van der Waals surface area contributed by atoms with Crippen molar-refractivity contribution in [2.75, 3.05) is 12.4 Å². The average molecular weight is 360 g/mol. The molecule has 0 saturated heterocycles. The van der Waals surface area contributed by atoms with E-state index in [1.54, 1.807) is 36.2 Å². The van der Waals surface area contributed by atoms with Crippen molar-refractivity contribution in [1.82, 2.24) is 19.8 Å². The number of aromatic nitrogens is 4. The van der Waals surface area contributed by atoms with Crippen LogP contribution in [-0.2, 0) is 11.2 Å². The highest BCUT2D eigenvalue weighted by molar-refractivity contribution is 6.32. The second kappa shape index (κ2) is 7.06. The molecular weight excluding hydrogens is 342 g/mol. The van der Waals surface area contributed by atoms with E-state index in [9.17, 15) is 4.79 Å². The first-order valence-electron chi connectivity index (χ1n) is 7.79. The SMILES string of the molecule is COc1ccc(NC(=O)CCc2c(C)nn3cnnc3c2C)cc1Cl. The van der Waals surface area contributed by atoms with E-state index in [1.807, 2.05) is 13.8 Å². The van der Waals surface area contributed by atoms with Gasteiger partial charge in [-0.25, -0.2) is 4.52 Å². The zero-order valence-corrected chi connectivity index (χ0v) is 15.0. The number of carbonyl (C=O) groups is 1. The topological polar surface area (TPSA) is 81.4 Å². The zero-order chi connectivity index (χ0) is 18.0. The summed E-state index contributed by atoms with van der Waals surface area (Å²) in [7, 11) is 1.55. The van der Waals surface area contributed by atoms with Gasteiger partial charge in [0.2, 0.25) is 5.91 Å². The fourth-order valence-corrected chi connectivity index (χ4v) is 3.01.